The highest BCUT2D eigenvalue weighted by atomic mass is 32.2. The molecule has 3 nitrogen and oxygen atoms in total. The van der Waals surface area contributed by atoms with Crippen LogP contribution in [0.1, 0.15) is 31.9 Å². The second-order valence-corrected chi connectivity index (χ2v) is 7.00. The Bertz CT molecular complexity index is 542. The fourth-order valence-electron chi connectivity index (χ4n) is 2.13. The van der Waals surface area contributed by atoms with Crippen LogP contribution in [0.4, 0.5) is 13.2 Å². The molecule has 2 atom stereocenters. The highest BCUT2D eigenvalue weighted by molar-refractivity contribution is 7.99. The molecule has 0 aliphatic carbocycles. The predicted octanol–water partition coefficient (Wildman–Crippen LogP) is 3.21. The fourth-order valence-corrected chi connectivity index (χ4v) is 2.76. The van der Waals surface area contributed by atoms with Gasteiger partial charge in [-0.25, -0.2) is 0 Å². The topological polar surface area (TPSA) is 49.3 Å². The van der Waals surface area contributed by atoms with Crippen LogP contribution >= 0.6 is 11.8 Å². The number of rotatable bonds is 6. The van der Waals surface area contributed by atoms with Crippen LogP contribution in [0.15, 0.2) is 24.3 Å². The molecule has 1 aromatic carbocycles. The highest BCUT2D eigenvalue weighted by Gasteiger charge is 2.35. The normalized spacial score (nSPS) is 15.1. The minimum atomic E-state index is -4.45. The molecule has 1 aromatic rings. The number of halogens is 3. The summed E-state index contributed by atoms with van der Waals surface area (Å²) in [6.45, 7) is 4.83. The summed E-state index contributed by atoms with van der Waals surface area (Å²) in [6, 6.07) is 4.50. The number of hydrogen-bond donors (Lipinski definition) is 2. The second-order valence-electron chi connectivity index (χ2n) is 5.92. The maximum Gasteiger partial charge on any atom is 0.416 e. The monoisotopic (exact) mass is 349 g/mol. The SMILES string of the molecule is CSC(CO)C(C)NC(=O)C(C)(C)c1cccc(C(F)(F)F)c1. The van der Waals surface area contributed by atoms with Gasteiger partial charge >= 0.3 is 6.18 Å². The molecule has 0 bridgehead atoms. The van der Waals surface area contributed by atoms with Crippen LogP contribution in [0, 0.1) is 0 Å². The van der Waals surface area contributed by atoms with E-state index in [0.717, 1.165) is 12.1 Å². The molecule has 7 heteroatoms. The smallest absolute Gasteiger partial charge is 0.395 e. The highest BCUT2D eigenvalue weighted by Crippen LogP contribution is 2.33. The Hall–Kier alpha value is -1.21. The third-order valence-electron chi connectivity index (χ3n) is 3.88. The van der Waals surface area contributed by atoms with Crippen LogP contribution in [0.3, 0.4) is 0 Å². The first-order valence-electron chi connectivity index (χ1n) is 7.16. The quantitative estimate of drug-likeness (QED) is 0.829. The van der Waals surface area contributed by atoms with Crippen LogP contribution in [0.5, 0.6) is 0 Å². The summed E-state index contributed by atoms with van der Waals surface area (Å²) in [4.78, 5) is 12.5. The van der Waals surface area contributed by atoms with Crippen molar-refractivity contribution in [3.63, 3.8) is 0 Å². The molecule has 0 saturated heterocycles. The van der Waals surface area contributed by atoms with E-state index in [0.29, 0.717) is 5.56 Å². The molecule has 130 valence electrons. The Morgan fingerprint density at radius 3 is 2.35 bits per heavy atom. The number of amides is 1. The molecule has 0 saturated carbocycles. The molecule has 0 aliphatic heterocycles. The third-order valence-corrected chi connectivity index (χ3v) is 5.04. The number of nitrogens with one attached hydrogen (secondary N) is 1. The first kappa shape index (κ1) is 19.8. The molecule has 0 heterocycles. The predicted molar refractivity (Wildman–Crippen MR) is 86.5 cm³/mol. The molecule has 0 aromatic heterocycles. The number of carbonyl (C=O) groups is 1. The summed E-state index contributed by atoms with van der Waals surface area (Å²) in [6.07, 6.45) is -2.63. The van der Waals surface area contributed by atoms with Gasteiger partial charge in [-0.3, -0.25) is 4.79 Å². The zero-order valence-corrected chi connectivity index (χ0v) is 14.4. The maximum atomic E-state index is 12.8. The molecule has 0 aliphatic rings. The maximum absolute atomic E-state index is 12.8. The van der Waals surface area contributed by atoms with Gasteiger partial charge in [0.05, 0.1) is 17.6 Å². The molecule has 2 unspecified atom stereocenters. The lowest BCUT2D eigenvalue weighted by Crippen LogP contribution is -2.48. The number of aliphatic hydroxyl groups excluding tert-OH is 1. The van der Waals surface area contributed by atoms with Gasteiger partial charge in [-0.1, -0.05) is 18.2 Å². The fraction of sp³-hybridized carbons (Fsp3) is 0.562. The molecule has 2 N–H and O–H groups in total. The summed E-state index contributed by atoms with van der Waals surface area (Å²) in [7, 11) is 0. The van der Waals surface area contributed by atoms with Crippen molar-refractivity contribution in [1.82, 2.24) is 5.32 Å². The number of aliphatic hydroxyl groups is 1. The lowest BCUT2D eigenvalue weighted by atomic mass is 9.82. The lowest BCUT2D eigenvalue weighted by Gasteiger charge is -2.29. The van der Waals surface area contributed by atoms with E-state index in [-0.39, 0.29) is 23.8 Å². The summed E-state index contributed by atoms with van der Waals surface area (Å²) >= 11 is 1.42. The van der Waals surface area contributed by atoms with E-state index < -0.39 is 17.2 Å². The summed E-state index contributed by atoms with van der Waals surface area (Å²) in [5.74, 6) is -0.378. The first-order chi connectivity index (χ1) is 10.5. The van der Waals surface area contributed by atoms with Crippen LogP contribution in [0.2, 0.25) is 0 Å². The van der Waals surface area contributed by atoms with E-state index in [1.807, 2.05) is 6.26 Å². The number of benzene rings is 1. The van der Waals surface area contributed by atoms with Gasteiger partial charge < -0.3 is 10.4 Å². The van der Waals surface area contributed by atoms with Crippen molar-refractivity contribution in [1.29, 1.82) is 0 Å². The number of carbonyl (C=O) groups excluding carboxylic acids is 1. The number of thioether (sulfide) groups is 1. The molecule has 0 spiro atoms. The van der Waals surface area contributed by atoms with Crippen molar-refractivity contribution >= 4 is 17.7 Å². The molecular weight excluding hydrogens is 327 g/mol. The zero-order valence-electron chi connectivity index (χ0n) is 13.6. The molecule has 0 radical (unpaired) electrons. The number of alkyl halides is 3. The van der Waals surface area contributed by atoms with Crippen LogP contribution < -0.4 is 5.32 Å². The van der Waals surface area contributed by atoms with Gasteiger partial charge in [0.1, 0.15) is 0 Å². The van der Waals surface area contributed by atoms with E-state index in [1.165, 1.54) is 23.9 Å². The third kappa shape index (κ3) is 4.88. The summed E-state index contributed by atoms with van der Waals surface area (Å²) in [5, 5.41) is 11.9. The molecule has 23 heavy (non-hydrogen) atoms. The average Bonchev–Trinajstić information content (AvgIpc) is 2.47. The van der Waals surface area contributed by atoms with Crippen molar-refractivity contribution in [3.8, 4) is 0 Å². The van der Waals surface area contributed by atoms with Gasteiger partial charge in [-0.15, -0.1) is 0 Å². The lowest BCUT2D eigenvalue weighted by molar-refractivity contribution is -0.138. The Morgan fingerprint density at radius 1 is 1.30 bits per heavy atom. The van der Waals surface area contributed by atoms with Gasteiger partial charge in [0.2, 0.25) is 5.91 Å². The summed E-state index contributed by atoms with van der Waals surface area (Å²) < 4.78 is 38.5. The van der Waals surface area contributed by atoms with Gasteiger partial charge in [-0.05, 0) is 38.7 Å². The van der Waals surface area contributed by atoms with E-state index in [2.05, 4.69) is 5.32 Å². The van der Waals surface area contributed by atoms with Crippen molar-refractivity contribution in [2.75, 3.05) is 12.9 Å². The van der Waals surface area contributed by atoms with E-state index in [9.17, 15) is 23.1 Å². The van der Waals surface area contributed by atoms with Gasteiger partial charge in [0, 0.05) is 11.3 Å². The Kier molecular flexibility index (Phi) is 6.53. The largest absolute Gasteiger partial charge is 0.416 e. The molecular formula is C16H22F3NO2S. The van der Waals surface area contributed by atoms with Gasteiger partial charge in [0.15, 0.2) is 0 Å². The Morgan fingerprint density at radius 2 is 1.87 bits per heavy atom. The second kappa shape index (κ2) is 7.57. The molecule has 0 fully saturated rings. The van der Waals surface area contributed by atoms with Crippen LogP contribution in [-0.2, 0) is 16.4 Å². The summed E-state index contributed by atoms with van der Waals surface area (Å²) in [5.41, 5.74) is -1.60. The van der Waals surface area contributed by atoms with Gasteiger partial charge in [0.25, 0.3) is 0 Å². The Labute approximate surface area is 138 Å². The minimum absolute atomic E-state index is 0.0907. The first-order valence-corrected chi connectivity index (χ1v) is 8.45. The van der Waals surface area contributed by atoms with Crippen molar-refractivity contribution < 1.29 is 23.1 Å². The standard InChI is InChI=1S/C16H22F3NO2S/c1-10(13(9-21)23-4)20-14(22)15(2,3)11-6-5-7-12(8-11)16(17,18)19/h5-8,10,13,21H,9H2,1-4H3,(H,20,22). The van der Waals surface area contributed by atoms with E-state index >= 15 is 0 Å². The van der Waals surface area contributed by atoms with Crippen molar-refractivity contribution in [3.05, 3.63) is 35.4 Å². The van der Waals surface area contributed by atoms with E-state index in [1.54, 1.807) is 20.8 Å². The molecule has 1 amide bonds. The van der Waals surface area contributed by atoms with Crippen LogP contribution in [0.25, 0.3) is 0 Å². The van der Waals surface area contributed by atoms with Crippen LogP contribution in [-0.4, -0.2) is 35.2 Å². The zero-order chi connectivity index (χ0) is 17.8. The number of hydrogen-bond acceptors (Lipinski definition) is 3. The van der Waals surface area contributed by atoms with E-state index in [4.69, 9.17) is 0 Å². The van der Waals surface area contributed by atoms with Gasteiger partial charge in [-0.2, -0.15) is 24.9 Å². The molecule has 1 rings (SSSR count). The average molecular weight is 349 g/mol. The van der Waals surface area contributed by atoms with Crippen molar-refractivity contribution in [2.24, 2.45) is 0 Å². The minimum Gasteiger partial charge on any atom is -0.395 e. The van der Waals surface area contributed by atoms with Crippen molar-refractivity contribution in [2.45, 2.75) is 43.7 Å². The Balaban J connectivity index is 3.00.